The van der Waals surface area contributed by atoms with Crippen molar-refractivity contribution in [3.63, 3.8) is 0 Å². The molecule has 3 rings (SSSR count). The van der Waals surface area contributed by atoms with Gasteiger partial charge in [-0.1, -0.05) is 41.9 Å². The number of hydrogen-bond acceptors (Lipinski definition) is 3. The molecule has 1 aromatic heterocycles. The van der Waals surface area contributed by atoms with E-state index < -0.39 is 5.82 Å². The number of thiophene rings is 1. The number of hydrogen-bond donors (Lipinski definition) is 2. The number of halogens is 2. The standard InChI is InChI=1S/C16H14ClFN2S/c17-13-6-3-5-12(16(13)18)14(20-19)8-10-9-21-15-7-2-1-4-11(10)15/h1-7,9,14,20H,8,19H2. The average Bonchev–Trinajstić information content (AvgIpc) is 2.91. The van der Waals surface area contributed by atoms with Crippen LogP contribution in [0.15, 0.2) is 47.8 Å². The second kappa shape index (κ2) is 6.12. The summed E-state index contributed by atoms with van der Waals surface area (Å²) < 4.78 is 15.4. The molecule has 0 aliphatic carbocycles. The van der Waals surface area contributed by atoms with E-state index in [0.717, 1.165) is 5.56 Å². The minimum absolute atomic E-state index is 0.114. The monoisotopic (exact) mass is 320 g/mol. The molecule has 1 atom stereocenters. The number of rotatable bonds is 4. The first-order valence-electron chi connectivity index (χ1n) is 6.56. The Kier molecular flexibility index (Phi) is 4.22. The molecule has 21 heavy (non-hydrogen) atoms. The summed E-state index contributed by atoms with van der Waals surface area (Å²) >= 11 is 7.53. The third-order valence-corrected chi connectivity index (χ3v) is 4.85. The van der Waals surface area contributed by atoms with E-state index in [0.29, 0.717) is 12.0 Å². The van der Waals surface area contributed by atoms with Gasteiger partial charge in [0.05, 0.1) is 11.1 Å². The Balaban J connectivity index is 1.96. The maximum absolute atomic E-state index is 14.2. The van der Waals surface area contributed by atoms with Crippen LogP contribution in [0.2, 0.25) is 5.02 Å². The van der Waals surface area contributed by atoms with Gasteiger partial charge in [0.15, 0.2) is 0 Å². The van der Waals surface area contributed by atoms with Crippen molar-refractivity contribution < 1.29 is 4.39 Å². The Morgan fingerprint density at radius 1 is 1.19 bits per heavy atom. The zero-order chi connectivity index (χ0) is 14.8. The van der Waals surface area contributed by atoms with E-state index in [-0.39, 0.29) is 11.1 Å². The van der Waals surface area contributed by atoms with Gasteiger partial charge in [-0.2, -0.15) is 0 Å². The summed E-state index contributed by atoms with van der Waals surface area (Å²) in [7, 11) is 0. The molecule has 2 nitrogen and oxygen atoms in total. The summed E-state index contributed by atoms with van der Waals surface area (Å²) in [5, 5.41) is 3.39. The SMILES string of the molecule is NNC(Cc1csc2ccccc12)c1cccc(Cl)c1F. The predicted molar refractivity (Wildman–Crippen MR) is 87.0 cm³/mol. The van der Waals surface area contributed by atoms with Crippen molar-refractivity contribution in [2.45, 2.75) is 12.5 Å². The highest BCUT2D eigenvalue weighted by atomic mass is 35.5. The molecule has 0 aliphatic heterocycles. The van der Waals surface area contributed by atoms with E-state index >= 15 is 0 Å². The van der Waals surface area contributed by atoms with Crippen LogP contribution in [0.4, 0.5) is 4.39 Å². The second-order valence-corrected chi connectivity index (χ2v) is 6.14. The number of nitrogens with two attached hydrogens (primary N) is 1. The Morgan fingerprint density at radius 3 is 2.81 bits per heavy atom. The molecular formula is C16H14ClFN2S. The smallest absolute Gasteiger partial charge is 0.146 e. The second-order valence-electron chi connectivity index (χ2n) is 4.82. The quantitative estimate of drug-likeness (QED) is 0.551. The van der Waals surface area contributed by atoms with Gasteiger partial charge in [0, 0.05) is 10.3 Å². The molecular weight excluding hydrogens is 307 g/mol. The molecule has 0 aliphatic rings. The van der Waals surface area contributed by atoms with Gasteiger partial charge in [0.2, 0.25) is 0 Å². The van der Waals surface area contributed by atoms with Crippen molar-refractivity contribution in [2.75, 3.05) is 0 Å². The summed E-state index contributed by atoms with van der Waals surface area (Å²) in [6, 6.07) is 12.8. The minimum Gasteiger partial charge on any atom is -0.271 e. The van der Waals surface area contributed by atoms with Gasteiger partial charge in [-0.15, -0.1) is 11.3 Å². The molecule has 1 unspecified atom stereocenters. The van der Waals surface area contributed by atoms with E-state index in [1.165, 1.54) is 16.2 Å². The first kappa shape index (κ1) is 14.5. The minimum atomic E-state index is -0.415. The molecule has 1 heterocycles. The third kappa shape index (κ3) is 2.80. The molecule has 0 spiro atoms. The maximum atomic E-state index is 14.2. The highest BCUT2D eigenvalue weighted by Crippen LogP contribution is 2.31. The van der Waals surface area contributed by atoms with Gasteiger partial charge < -0.3 is 0 Å². The van der Waals surface area contributed by atoms with E-state index in [1.807, 2.05) is 12.1 Å². The lowest BCUT2D eigenvalue weighted by Crippen LogP contribution is -2.30. The number of fused-ring (bicyclic) bond motifs is 1. The van der Waals surface area contributed by atoms with Crippen LogP contribution in [0.5, 0.6) is 0 Å². The summed E-state index contributed by atoms with van der Waals surface area (Å²) in [4.78, 5) is 0. The Morgan fingerprint density at radius 2 is 2.00 bits per heavy atom. The van der Waals surface area contributed by atoms with Gasteiger partial charge in [-0.3, -0.25) is 11.3 Å². The first-order chi connectivity index (χ1) is 10.2. The van der Waals surface area contributed by atoms with Crippen molar-refractivity contribution in [3.8, 4) is 0 Å². The molecule has 2 aromatic carbocycles. The topological polar surface area (TPSA) is 38.0 Å². The average molecular weight is 321 g/mol. The van der Waals surface area contributed by atoms with E-state index in [2.05, 4.69) is 22.9 Å². The Bertz CT molecular complexity index is 772. The molecule has 0 bridgehead atoms. The summed E-state index contributed by atoms with van der Waals surface area (Å²) in [6.07, 6.45) is 0.609. The number of benzene rings is 2. The molecule has 3 N–H and O–H groups in total. The van der Waals surface area contributed by atoms with Crippen LogP contribution in [-0.2, 0) is 6.42 Å². The molecule has 108 valence electrons. The predicted octanol–water partition coefficient (Wildman–Crippen LogP) is 4.44. The van der Waals surface area contributed by atoms with Crippen LogP contribution in [0.25, 0.3) is 10.1 Å². The summed E-state index contributed by atoms with van der Waals surface area (Å²) in [6.45, 7) is 0. The molecule has 0 saturated heterocycles. The van der Waals surface area contributed by atoms with Crippen molar-refractivity contribution in [3.05, 3.63) is 69.8 Å². The van der Waals surface area contributed by atoms with Crippen molar-refractivity contribution >= 4 is 33.0 Å². The zero-order valence-electron chi connectivity index (χ0n) is 11.1. The van der Waals surface area contributed by atoms with Gasteiger partial charge in [-0.25, -0.2) is 4.39 Å². The normalized spacial score (nSPS) is 12.7. The van der Waals surface area contributed by atoms with Crippen LogP contribution >= 0.6 is 22.9 Å². The highest BCUT2D eigenvalue weighted by Gasteiger charge is 2.18. The van der Waals surface area contributed by atoms with Crippen LogP contribution < -0.4 is 11.3 Å². The molecule has 0 saturated carbocycles. The molecule has 5 heteroatoms. The number of nitrogens with one attached hydrogen (secondary N) is 1. The zero-order valence-corrected chi connectivity index (χ0v) is 12.7. The van der Waals surface area contributed by atoms with Crippen molar-refractivity contribution in [1.82, 2.24) is 5.43 Å². The van der Waals surface area contributed by atoms with Crippen LogP contribution in [-0.4, -0.2) is 0 Å². The third-order valence-electron chi connectivity index (χ3n) is 3.54. The van der Waals surface area contributed by atoms with E-state index in [1.54, 1.807) is 23.5 Å². The van der Waals surface area contributed by atoms with Crippen molar-refractivity contribution in [2.24, 2.45) is 5.84 Å². The lowest BCUT2D eigenvalue weighted by atomic mass is 9.98. The number of hydrazine groups is 1. The molecule has 3 aromatic rings. The largest absolute Gasteiger partial charge is 0.271 e. The highest BCUT2D eigenvalue weighted by molar-refractivity contribution is 7.17. The van der Waals surface area contributed by atoms with Gasteiger partial charge in [-0.05, 0) is 34.9 Å². The first-order valence-corrected chi connectivity index (χ1v) is 7.81. The van der Waals surface area contributed by atoms with Crippen LogP contribution in [0.1, 0.15) is 17.2 Å². The maximum Gasteiger partial charge on any atom is 0.146 e. The fraction of sp³-hybridized carbons (Fsp3) is 0.125. The Hall–Kier alpha value is -1.46. The molecule has 0 fully saturated rings. The van der Waals surface area contributed by atoms with Crippen LogP contribution in [0, 0.1) is 5.82 Å². The lowest BCUT2D eigenvalue weighted by molar-refractivity contribution is 0.512. The summed E-state index contributed by atoms with van der Waals surface area (Å²) in [5.41, 5.74) is 4.33. The molecule has 0 radical (unpaired) electrons. The van der Waals surface area contributed by atoms with Gasteiger partial charge in [0.25, 0.3) is 0 Å². The van der Waals surface area contributed by atoms with Gasteiger partial charge in [0.1, 0.15) is 5.82 Å². The van der Waals surface area contributed by atoms with Crippen molar-refractivity contribution in [1.29, 1.82) is 0 Å². The lowest BCUT2D eigenvalue weighted by Gasteiger charge is -2.17. The van der Waals surface area contributed by atoms with Gasteiger partial charge >= 0.3 is 0 Å². The molecule has 0 amide bonds. The fourth-order valence-electron chi connectivity index (χ4n) is 2.46. The Labute approximate surface area is 131 Å². The van der Waals surface area contributed by atoms with E-state index in [9.17, 15) is 4.39 Å². The van der Waals surface area contributed by atoms with Crippen LogP contribution in [0.3, 0.4) is 0 Å². The fourth-order valence-corrected chi connectivity index (χ4v) is 3.62. The summed E-state index contributed by atoms with van der Waals surface area (Å²) in [5.74, 6) is 5.21. The van der Waals surface area contributed by atoms with E-state index in [4.69, 9.17) is 17.4 Å².